The summed E-state index contributed by atoms with van der Waals surface area (Å²) < 4.78 is 4.48. The summed E-state index contributed by atoms with van der Waals surface area (Å²) in [5, 5.41) is 8.70. The van der Waals surface area contributed by atoms with Crippen LogP contribution >= 0.6 is 0 Å². The van der Waals surface area contributed by atoms with Crippen LogP contribution in [0, 0.1) is 6.92 Å². The minimum Gasteiger partial charge on any atom is -0.436 e. The zero-order chi connectivity index (χ0) is 11.3. The van der Waals surface area contributed by atoms with Crippen LogP contribution in [0.2, 0.25) is 0 Å². The molecular formula is C11H14NO3. The van der Waals surface area contributed by atoms with Gasteiger partial charge in [-0.25, -0.2) is 0 Å². The molecule has 0 aliphatic heterocycles. The SMILES string of the molecule is [CH2]C(O)OC(=O)CCc1ccccc1N. The Morgan fingerprint density at radius 2 is 2.20 bits per heavy atom. The number of benzene rings is 1. The van der Waals surface area contributed by atoms with Crippen molar-refractivity contribution in [1.82, 2.24) is 0 Å². The van der Waals surface area contributed by atoms with Crippen LogP contribution in [0.15, 0.2) is 24.3 Å². The lowest BCUT2D eigenvalue weighted by molar-refractivity contribution is -0.160. The molecule has 15 heavy (non-hydrogen) atoms. The first-order chi connectivity index (χ1) is 7.09. The van der Waals surface area contributed by atoms with Crippen molar-refractivity contribution in [2.75, 3.05) is 5.73 Å². The molecule has 0 fully saturated rings. The first kappa shape index (κ1) is 11.5. The molecule has 0 aliphatic rings. The number of nitrogens with two attached hydrogens (primary N) is 1. The maximum Gasteiger partial charge on any atom is 0.308 e. The van der Waals surface area contributed by atoms with Crippen LogP contribution < -0.4 is 5.73 Å². The van der Waals surface area contributed by atoms with Gasteiger partial charge < -0.3 is 15.6 Å². The van der Waals surface area contributed by atoms with Gasteiger partial charge in [-0.05, 0) is 18.1 Å². The second kappa shape index (κ2) is 5.36. The number of anilines is 1. The van der Waals surface area contributed by atoms with Crippen molar-refractivity contribution in [2.24, 2.45) is 0 Å². The summed E-state index contributed by atoms with van der Waals surface area (Å²) in [6, 6.07) is 7.31. The van der Waals surface area contributed by atoms with Crippen molar-refractivity contribution in [3.8, 4) is 0 Å². The van der Waals surface area contributed by atoms with E-state index in [2.05, 4.69) is 11.7 Å². The Balaban J connectivity index is 2.44. The predicted molar refractivity (Wildman–Crippen MR) is 56.6 cm³/mol. The highest BCUT2D eigenvalue weighted by Gasteiger charge is 2.07. The molecule has 0 saturated carbocycles. The van der Waals surface area contributed by atoms with Gasteiger partial charge in [0, 0.05) is 19.0 Å². The van der Waals surface area contributed by atoms with Gasteiger partial charge in [-0.2, -0.15) is 0 Å². The zero-order valence-electron chi connectivity index (χ0n) is 8.35. The summed E-state index contributed by atoms with van der Waals surface area (Å²) in [7, 11) is 0. The molecule has 1 unspecified atom stereocenters. The highest BCUT2D eigenvalue weighted by Crippen LogP contribution is 2.12. The molecule has 81 valence electrons. The standard InChI is InChI=1S/C11H14NO3/c1-8(13)15-11(14)7-6-9-4-2-3-5-10(9)12/h2-5,8,13H,1,6-7,12H2. The molecule has 0 aliphatic carbocycles. The summed E-state index contributed by atoms with van der Waals surface area (Å²) in [6.07, 6.45) is -0.621. The van der Waals surface area contributed by atoms with Gasteiger partial charge in [0.2, 0.25) is 6.29 Å². The fourth-order valence-electron chi connectivity index (χ4n) is 1.21. The van der Waals surface area contributed by atoms with Crippen molar-refractivity contribution in [3.05, 3.63) is 36.8 Å². The average molecular weight is 208 g/mol. The molecule has 1 aromatic rings. The Morgan fingerprint density at radius 1 is 1.53 bits per heavy atom. The maximum atomic E-state index is 11.1. The van der Waals surface area contributed by atoms with Crippen LogP contribution in [-0.4, -0.2) is 17.4 Å². The topological polar surface area (TPSA) is 72.5 Å². The summed E-state index contributed by atoms with van der Waals surface area (Å²) >= 11 is 0. The van der Waals surface area contributed by atoms with E-state index in [1.54, 1.807) is 6.07 Å². The van der Waals surface area contributed by atoms with Crippen molar-refractivity contribution in [3.63, 3.8) is 0 Å². The molecule has 4 heteroatoms. The third kappa shape index (κ3) is 3.99. The Kier molecular flexibility index (Phi) is 4.12. The summed E-state index contributed by atoms with van der Waals surface area (Å²) in [5.74, 6) is -0.485. The number of esters is 1. The number of carbonyl (C=O) groups is 1. The number of aliphatic hydroxyl groups is 1. The number of hydrogen-bond acceptors (Lipinski definition) is 4. The first-order valence-electron chi connectivity index (χ1n) is 4.63. The minimum absolute atomic E-state index is 0.181. The van der Waals surface area contributed by atoms with Gasteiger partial charge in [-0.3, -0.25) is 4.79 Å². The Morgan fingerprint density at radius 3 is 2.80 bits per heavy atom. The number of rotatable bonds is 4. The van der Waals surface area contributed by atoms with Crippen molar-refractivity contribution in [1.29, 1.82) is 0 Å². The fourth-order valence-corrected chi connectivity index (χ4v) is 1.21. The van der Waals surface area contributed by atoms with E-state index in [1.807, 2.05) is 18.2 Å². The van der Waals surface area contributed by atoms with E-state index in [-0.39, 0.29) is 6.42 Å². The number of nitrogen functional groups attached to an aromatic ring is 1. The number of aryl methyl sites for hydroxylation is 1. The van der Waals surface area contributed by atoms with E-state index in [4.69, 9.17) is 10.8 Å². The number of para-hydroxylation sites is 1. The van der Waals surface area contributed by atoms with E-state index in [9.17, 15) is 4.79 Å². The first-order valence-corrected chi connectivity index (χ1v) is 4.63. The molecule has 1 radical (unpaired) electrons. The molecule has 4 nitrogen and oxygen atoms in total. The molecule has 0 bridgehead atoms. The van der Waals surface area contributed by atoms with E-state index in [0.29, 0.717) is 12.1 Å². The molecule has 0 heterocycles. The van der Waals surface area contributed by atoms with E-state index >= 15 is 0 Å². The van der Waals surface area contributed by atoms with Crippen LogP contribution in [0.1, 0.15) is 12.0 Å². The molecule has 1 aromatic carbocycles. The second-order valence-corrected chi connectivity index (χ2v) is 3.14. The summed E-state index contributed by atoms with van der Waals surface area (Å²) in [5.41, 5.74) is 7.24. The number of hydrogen-bond donors (Lipinski definition) is 2. The highest BCUT2D eigenvalue weighted by molar-refractivity contribution is 5.70. The molecule has 0 aromatic heterocycles. The average Bonchev–Trinajstić information content (AvgIpc) is 2.15. The third-order valence-electron chi connectivity index (χ3n) is 1.92. The summed E-state index contributed by atoms with van der Waals surface area (Å²) in [6.45, 7) is 3.14. The number of aliphatic hydroxyl groups excluding tert-OH is 1. The monoisotopic (exact) mass is 208 g/mol. The van der Waals surface area contributed by atoms with E-state index < -0.39 is 12.3 Å². The van der Waals surface area contributed by atoms with E-state index in [0.717, 1.165) is 5.56 Å². The van der Waals surface area contributed by atoms with Gasteiger partial charge in [-0.1, -0.05) is 18.2 Å². The Hall–Kier alpha value is -1.55. The quantitative estimate of drug-likeness (QED) is 0.438. The van der Waals surface area contributed by atoms with Gasteiger partial charge >= 0.3 is 5.97 Å². The predicted octanol–water partition coefficient (Wildman–Crippen LogP) is 0.897. The van der Waals surface area contributed by atoms with Gasteiger partial charge in [0.25, 0.3) is 0 Å². The molecule has 1 rings (SSSR count). The molecule has 1 atom stereocenters. The van der Waals surface area contributed by atoms with Crippen LogP contribution in [0.4, 0.5) is 5.69 Å². The van der Waals surface area contributed by atoms with Crippen LogP contribution in [0.5, 0.6) is 0 Å². The smallest absolute Gasteiger partial charge is 0.308 e. The molecule has 0 amide bonds. The van der Waals surface area contributed by atoms with E-state index in [1.165, 1.54) is 0 Å². The van der Waals surface area contributed by atoms with Gasteiger partial charge in [0.05, 0.1) is 0 Å². The number of carbonyl (C=O) groups excluding carboxylic acids is 1. The third-order valence-corrected chi connectivity index (χ3v) is 1.92. The minimum atomic E-state index is -1.30. The normalized spacial score (nSPS) is 12.1. The fraction of sp³-hybridized carbons (Fsp3) is 0.273. The van der Waals surface area contributed by atoms with Crippen molar-refractivity contribution < 1.29 is 14.6 Å². The lowest BCUT2D eigenvalue weighted by atomic mass is 10.1. The molecule has 0 saturated heterocycles. The lowest BCUT2D eigenvalue weighted by Crippen LogP contribution is -2.14. The summed E-state index contributed by atoms with van der Waals surface area (Å²) in [4.78, 5) is 11.1. The largest absolute Gasteiger partial charge is 0.436 e. The van der Waals surface area contributed by atoms with Crippen molar-refractivity contribution >= 4 is 11.7 Å². The van der Waals surface area contributed by atoms with Crippen LogP contribution in [-0.2, 0) is 16.0 Å². The van der Waals surface area contributed by atoms with Gasteiger partial charge in [0.15, 0.2) is 0 Å². The molecule has 3 N–H and O–H groups in total. The highest BCUT2D eigenvalue weighted by atomic mass is 16.6. The molecular weight excluding hydrogens is 194 g/mol. The maximum absolute atomic E-state index is 11.1. The van der Waals surface area contributed by atoms with Gasteiger partial charge in [-0.15, -0.1) is 0 Å². The van der Waals surface area contributed by atoms with Crippen LogP contribution in [0.3, 0.4) is 0 Å². The van der Waals surface area contributed by atoms with Crippen molar-refractivity contribution in [2.45, 2.75) is 19.1 Å². The zero-order valence-corrected chi connectivity index (χ0v) is 8.35. The Labute approximate surface area is 88.7 Å². The Bertz CT molecular complexity index is 336. The number of ether oxygens (including phenoxy) is 1. The molecule has 0 spiro atoms. The second-order valence-electron chi connectivity index (χ2n) is 3.14. The van der Waals surface area contributed by atoms with Gasteiger partial charge in [0.1, 0.15) is 0 Å². The van der Waals surface area contributed by atoms with Crippen LogP contribution in [0.25, 0.3) is 0 Å². The lowest BCUT2D eigenvalue weighted by Gasteiger charge is -2.07.